The van der Waals surface area contributed by atoms with E-state index in [0.717, 1.165) is 10.9 Å². The van der Waals surface area contributed by atoms with Gasteiger partial charge in [-0.1, -0.05) is 0 Å². The maximum absolute atomic E-state index is 12.0. The lowest BCUT2D eigenvalue weighted by Gasteiger charge is -2.03. The number of aromatic amines is 1. The molecule has 90 valence electrons. The average molecular weight is 241 g/mol. The standard InChI is InChI=1S/C12H11N5O/c1-17-12(14-7-15-17)16-11(18)9-2-3-10-8(6-9)4-5-13-10/h2-7,13H,1H3,(H,14,15,16,18). The van der Waals surface area contributed by atoms with Gasteiger partial charge in [0.1, 0.15) is 6.33 Å². The third kappa shape index (κ3) is 1.73. The summed E-state index contributed by atoms with van der Waals surface area (Å²) in [5.74, 6) is 0.225. The molecule has 1 amide bonds. The number of benzene rings is 1. The molecule has 2 N–H and O–H groups in total. The number of aryl methyl sites for hydroxylation is 1. The Hall–Kier alpha value is -2.63. The van der Waals surface area contributed by atoms with E-state index in [1.807, 2.05) is 24.4 Å². The van der Waals surface area contributed by atoms with Gasteiger partial charge in [-0.05, 0) is 24.3 Å². The number of nitrogens with zero attached hydrogens (tertiary/aromatic N) is 3. The van der Waals surface area contributed by atoms with Gasteiger partial charge in [0.05, 0.1) is 0 Å². The minimum atomic E-state index is -0.200. The van der Waals surface area contributed by atoms with Crippen LogP contribution in [0.3, 0.4) is 0 Å². The number of fused-ring (bicyclic) bond motifs is 1. The predicted molar refractivity (Wildman–Crippen MR) is 67.3 cm³/mol. The first-order chi connectivity index (χ1) is 8.74. The molecule has 3 aromatic rings. The number of nitrogens with one attached hydrogen (secondary N) is 2. The molecule has 1 aromatic carbocycles. The quantitative estimate of drug-likeness (QED) is 0.714. The Bertz CT molecular complexity index is 712. The van der Waals surface area contributed by atoms with Crippen LogP contribution in [0.1, 0.15) is 10.4 Å². The maximum atomic E-state index is 12.0. The molecule has 0 saturated heterocycles. The third-order valence-electron chi connectivity index (χ3n) is 2.75. The van der Waals surface area contributed by atoms with E-state index in [1.54, 1.807) is 13.1 Å². The number of amides is 1. The van der Waals surface area contributed by atoms with Crippen LogP contribution in [0.25, 0.3) is 10.9 Å². The molecule has 0 aliphatic carbocycles. The fraction of sp³-hybridized carbons (Fsp3) is 0.0833. The van der Waals surface area contributed by atoms with Crippen LogP contribution in [0.2, 0.25) is 0 Å². The van der Waals surface area contributed by atoms with E-state index in [2.05, 4.69) is 20.4 Å². The highest BCUT2D eigenvalue weighted by Gasteiger charge is 2.09. The minimum Gasteiger partial charge on any atom is -0.361 e. The van der Waals surface area contributed by atoms with Crippen LogP contribution in [0.15, 0.2) is 36.8 Å². The summed E-state index contributed by atoms with van der Waals surface area (Å²) in [6.45, 7) is 0. The molecule has 0 unspecified atom stereocenters. The van der Waals surface area contributed by atoms with Crippen LogP contribution in [0.4, 0.5) is 5.95 Å². The number of hydrogen-bond acceptors (Lipinski definition) is 3. The molecular weight excluding hydrogens is 230 g/mol. The van der Waals surface area contributed by atoms with Gasteiger partial charge >= 0.3 is 0 Å². The van der Waals surface area contributed by atoms with Crippen LogP contribution < -0.4 is 5.32 Å². The summed E-state index contributed by atoms with van der Waals surface area (Å²) < 4.78 is 1.51. The van der Waals surface area contributed by atoms with Gasteiger partial charge in [-0.15, -0.1) is 0 Å². The number of carbonyl (C=O) groups is 1. The van der Waals surface area contributed by atoms with E-state index in [4.69, 9.17) is 0 Å². The average Bonchev–Trinajstić information content (AvgIpc) is 2.98. The molecule has 0 aliphatic heterocycles. The largest absolute Gasteiger partial charge is 0.361 e. The number of anilines is 1. The van der Waals surface area contributed by atoms with Crippen molar-refractivity contribution in [2.24, 2.45) is 7.05 Å². The number of H-pyrrole nitrogens is 1. The molecule has 2 heterocycles. The third-order valence-corrected chi connectivity index (χ3v) is 2.75. The van der Waals surface area contributed by atoms with Crippen molar-refractivity contribution in [2.75, 3.05) is 5.32 Å². The van der Waals surface area contributed by atoms with Crippen molar-refractivity contribution in [3.63, 3.8) is 0 Å². The summed E-state index contributed by atoms with van der Waals surface area (Å²) in [6.07, 6.45) is 3.24. The zero-order valence-electron chi connectivity index (χ0n) is 9.71. The fourth-order valence-electron chi connectivity index (χ4n) is 1.78. The van der Waals surface area contributed by atoms with Crippen molar-refractivity contribution in [3.8, 4) is 0 Å². The highest BCUT2D eigenvalue weighted by Crippen LogP contribution is 2.15. The van der Waals surface area contributed by atoms with E-state index in [0.29, 0.717) is 11.5 Å². The Kier molecular flexibility index (Phi) is 2.33. The number of aromatic nitrogens is 4. The molecule has 0 bridgehead atoms. The van der Waals surface area contributed by atoms with Crippen molar-refractivity contribution in [1.82, 2.24) is 19.7 Å². The van der Waals surface area contributed by atoms with Crippen molar-refractivity contribution >= 4 is 22.8 Å². The SMILES string of the molecule is Cn1ncnc1NC(=O)c1ccc2[nH]ccc2c1. The zero-order chi connectivity index (χ0) is 12.5. The summed E-state index contributed by atoms with van der Waals surface area (Å²) in [5.41, 5.74) is 1.59. The van der Waals surface area contributed by atoms with Crippen LogP contribution in [0, 0.1) is 0 Å². The Morgan fingerprint density at radius 2 is 2.28 bits per heavy atom. The molecule has 0 radical (unpaired) electrons. The molecule has 0 atom stereocenters. The highest BCUT2D eigenvalue weighted by atomic mass is 16.1. The Morgan fingerprint density at radius 3 is 3.06 bits per heavy atom. The number of rotatable bonds is 2. The number of hydrogen-bond donors (Lipinski definition) is 2. The zero-order valence-corrected chi connectivity index (χ0v) is 9.71. The topological polar surface area (TPSA) is 75.6 Å². The first kappa shape index (κ1) is 10.5. The fourth-order valence-corrected chi connectivity index (χ4v) is 1.78. The van der Waals surface area contributed by atoms with E-state index in [-0.39, 0.29) is 5.91 Å². The van der Waals surface area contributed by atoms with E-state index >= 15 is 0 Å². The summed E-state index contributed by atoms with van der Waals surface area (Å²) in [5, 5.41) is 7.60. The van der Waals surface area contributed by atoms with Crippen LogP contribution >= 0.6 is 0 Å². The smallest absolute Gasteiger partial charge is 0.258 e. The molecule has 0 fully saturated rings. The Balaban J connectivity index is 1.89. The van der Waals surface area contributed by atoms with Crippen molar-refractivity contribution < 1.29 is 4.79 Å². The van der Waals surface area contributed by atoms with E-state index in [1.165, 1.54) is 11.0 Å². The summed E-state index contributed by atoms with van der Waals surface area (Å²) in [6, 6.07) is 7.40. The lowest BCUT2D eigenvalue weighted by molar-refractivity contribution is 0.102. The van der Waals surface area contributed by atoms with Gasteiger partial charge in [0, 0.05) is 29.7 Å². The van der Waals surface area contributed by atoms with Crippen LogP contribution in [0.5, 0.6) is 0 Å². The summed E-state index contributed by atoms with van der Waals surface area (Å²) in [7, 11) is 1.72. The second-order valence-corrected chi connectivity index (χ2v) is 3.94. The van der Waals surface area contributed by atoms with Gasteiger partial charge in [-0.3, -0.25) is 10.1 Å². The van der Waals surface area contributed by atoms with Gasteiger partial charge in [0.25, 0.3) is 5.91 Å². The minimum absolute atomic E-state index is 0.200. The van der Waals surface area contributed by atoms with Gasteiger partial charge in [0.2, 0.25) is 5.95 Å². The molecule has 3 rings (SSSR count). The molecule has 18 heavy (non-hydrogen) atoms. The molecule has 6 nitrogen and oxygen atoms in total. The lowest BCUT2D eigenvalue weighted by Crippen LogP contribution is -2.15. The monoisotopic (exact) mass is 241 g/mol. The first-order valence-electron chi connectivity index (χ1n) is 5.46. The molecule has 0 saturated carbocycles. The van der Waals surface area contributed by atoms with E-state index in [9.17, 15) is 4.79 Å². The van der Waals surface area contributed by atoms with E-state index < -0.39 is 0 Å². The highest BCUT2D eigenvalue weighted by molar-refractivity contribution is 6.05. The molecular formula is C12H11N5O. The Morgan fingerprint density at radius 1 is 1.39 bits per heavy atom. The second kappa shape index (κ2) is 3.99. The normalized spacial score (nSPS) is 10.7. The molecule has 0 aliphatic rings. The summed E-state index contributed by atoms with van der Waals surface area (Å²) in [4.78, 5) is 19.1. The van der Waals surface area contributed by atoms with Gasteiger partial charge in [0.15, 0.2) is 0 Å². The van der Waals surface area contributed by atoms with Gasteiger partial charge in [-0.2, -0.15) is 10.1 Å². The van der Waals surface area contributed by atoms with Crippen molar-refractivity contribution in [3.05, 3.63) is 42.4 Å². The molecule has 0 spiro atoms. The van der Waals surface area contributed by atoms with Crippen molar-refractivity contribution in [1.29, 1.82) is 0 Å². The Labute approximate surface area is 103 Å². The predicted octanol–water partition coefficient (Wildman–Crippen LogP) is 1.55. The second-order valence-electron chi connectivity index (χ2n) is 3.94. The summed E-state index contributed by atoms with van der Waals surface area (Å²) >= 11 is 0. The van der Waals surface area contributed by atoms with Crippen LogP contribution in [-0.2, 0) is 7.05 Å². The lowest BCUT2D eigenvalue weighted by atomic mass is 10.1. The first-order valence-corrected chi connectivity index (χ1v) is 5.46. The van der Waals surface area contributed by atoms with Gasteiger partial charge < -0.3 is 4.98 Å². The van der Waals surface area contributed by atoms with Crippen molar-refractivity contribution in [2.45, 2.75) is 0 Å². The number of carbonyl (C=O) groups excluding carboxylic acids is 1. The van der Waals surface area contributed by atoms with Crippen LogP contribution in [-0.4, -0.2) is 25.7 Å². The molecule has 6 heteroatoms. The maximum Gasteiger partial charge on any atom is 0.258 e. The molecule has 2 aromatic heterocycles. The van der Waals surface area contributed by atoms with Gasteiger partial charge in [-0.25, -0.2) is 4.68 Å².